The summed E-state index contributed by atoms with van der Waals surface area (Å²) < 4.78 is 0. The summed E-state index contributed by atoms with van der Waals surface area (Å²) in [6.45, 7) is 5.40. The minimum Gasteiger partial charge on any atom is -0.339 e. The number of likely N-dealkylation sites (N-methyl/N-ethyl adjacent to an activating group) is 1. The Bertz CT molecular complexity index is 678. The van der Waals surface area contributed by atoms with E-state index in [1.165, 1.54) is 11.0 Å². The van der Waals surface area contributed by atoms with Crippen LogP contribution in [0, 0.1) is 0 Å². The lowest BCUT2D eigenvalue weighted by Gasteiger charge is -2.24. The van der Waals surface area contributed by atoms with Gasteiger partial charge in [-0.2, -0.15) is 0 Å². The molecule has 0 bridgehead atoms. The fraction of sp³-hybridized carbons (Fsp3) is 0.389. The van der Waals surface area contributed by atoms with E-state index in [1.54, 1.807) is 41.1 Å². The van der Waals surface area contributed by atoms with Crippen LogP contribution in [0.3, 0.4) is 0 Å². The van der Waals surface area contributed by atoms with Crippen molar-refractivity contribution in [2.24, 2.45) is 0 Å². The summed E-state index contributed by atoms with van der Waals surface area (Å²) in [6.07, 6.45) is 1.86. The van der Waals surface area contributed by atoms with Gasteiger partial charge in [0.2, 0.25) is 11.8 Å². The Kier molecular flexibility index (Phi) is 7.03. The number of hydrogen-bond donors (Lipinski definition) is 1. The van der Waals surface area contributed by atoms with E-state index in [0.717, 1.165) is 0 Å². The summed E-state index contributed by atoms with van der Waals surface area (Å²) in [7, 11) is 1.56. The van der Waals surface area contributed by atoms with E-state index in [4.69, 9.17) is 11.6 Å². The van der Waals surface area contributed by atoms with Gasteiger partial charge < -0.3 is 20.0 Å². The van der Waals surface area contributed by atoms with Crippen LogP contribution in [0.15, 0.2) is 36.9 Å². The second kappa shape index (κ2) is 9.24. The Balaban J connectivity index is 1.87. The third-order valence-electron chi connectivity index (χ3n) is 4.15. The zero-order chi connectivity index (χ0) is 19.1. The van der Waals surface area contributed by atoms with Gasteiger partial charge in [0, 0.05) is 43.9 Å². The van der Waals surface area contributed by atoms with Crippen LogP contribution in [0.1, 0.15) is 6.42 Å². The van der Waals surface area contributed by atoms with Crippen LogP contribution < -0.4 is 5.32 Å². The van der Waals surface area contributed by atoms with Crippen LogP contribution in [-0.2, 0) is 9.59 Å². The Morgan fingerprint density at radius 3 is 2.42 bits per heavy atom. The van der Waals surface area contributed by atoms with Gasteiger partial charge in [-0.25, -0.2) is 4.79 Å². The van der Waals surface area contributed by atoms with Gasteiger partial charge in [-0.1, -0.05) is 18.2 Å². The van der Waals surface area contributed by atoms with E-state index in [0.29, 0.717) is 43.3 Å². The van der Waals surface area contributed by atoms with Crippen molar-refractivity contribution in [3.63, 3.8) is 0 Å². The molecule has 2 rings (SSSR count). The molecule has 140 valence electrons. The number of hydrogen-bond acceptors (Lipinski definition) is 3. The molecule has 0 radical (unpaired) electrons. The maximum absolute atomic E-state index is 12.4. The summed E-state index contributed by atoms with van der Waals surface area (Å²) in [5.74, 6) is -0.431. The van der Waals surface area contributed by atoms with Crippen LogP contribution >= 0.6 is 11.6 Å². The Hall–Kier alpha value is -2.54. The minimum absolute atomic E-state index is 0.00181. The fourth-order valence-electron chi connectivity index (χ4n) is 2.64. The van der Waals surface area contributed by atoms with Crippen molar-refractivity contribution in [2.75, 3.05) is 45.1 Å². The van der Waals surface area contributed by atoms with E-state index >= 15 is 0 Å². The summed E-state index contributed by atoms with van der Waals surface area (Å²) in [5.41, 5.74) is 0.668. The average Bonchev–Trinajstić information content (AvgIpc) is 2.89. The van der Waals surface area contributed by atoms with E-state index < -0.39 is 0 Å². The highest BCUT2D eigenvalue weighted by molar-refractivity contribution is 6.30. The average molecular weight is 379 g/mol. The number of carbonyl (C=O) groups excluding carboxylic acids is 3. The predicted molar refractivity (Wildman–Crippen MR) is 101 cm³/mol. The molecular weight excluding hydrogens is 356 g/mol. The van der Waals surface area contributed by atoms with Crippen LogP contribution in [0.4, 0.5) is 10.5 Å². The van der Waals surface area contributed by atoms with Gasteiger partial charge in [-0.3, -0.25) is 9.59 Å². The Morgan fingerprint density at radius 1 is 1.15 bits per heavy atom. The number of rotatable bonds is 4. The van der Waals surface area contributed by atoms with Crippen molar-refractivity contribution in [1.82, 2.24) is 14.7 Å². The fourth-order valence-corrected chi connectivity index (χ4v) is 2.77. The first-order valence-corrected chi connectivity index (χ1v) is 8.75. The molecule has 0 saturated carbocycles. The van der Waals surface area contributed by atoms with Gasteiger partial charge in [-0.15, -0.1) is 0 Å². The number of amides is 4. The summed E-state index contributed by atoms with van der Waals surface area (Å²) in [4.78, 5) is 40.9. The molecule has 0 aromatic heterocycles. The number of urea groups is 1. The maximum Gasteiger partial charge on any atom is 0.321 e. The van der Waals surface area contributed by atoms with E-state index in [9.17, 15) is 14.4 Å². The predicted octanol–water partition coefficient (Wildman–Crippen LogP) is 2.05. The van der Waals surface area contributed by atoms with Gasteiger partial charge in [0.15, 0.2) is 0 Å². The summed E-state index contributed by atoms with van der Waals surface area (Å²) in [6, 6.07) is 6.68. The summed E-state index contributed by atoms with van der Waals surface area (Å²) >= 11 is 5.84. The largest absolute Gasteiger partial charge is 0.339 e. The van der Waals surface area contributed by atoms with Gasteiger partial charge in [0.25, 0.3) is 0 Å². The summed E-state index contributed by atoms with van der Waals surface area (Å²) in [5, 5.41) is 3.43. The number of halogens is 1. The Labute approximate surface area is 158 Å². The minimum atomic E-state index is -0.294. The first-order chi connectivity index (χ1) is 12.4. The highest BCUT2D eigenvalue weighted by Crippen LogP contribution is 2.14. The van der Waals surface area contributed by atoms with Crippen LogP contribution in [-0.4, -0.2) is 72.3 Å². The molecule has 1 aliphatic rings. The third kappa shape index (κ3) is 5.49. The lowest BCUT2D eigenvalue weighted by molar-refractivity contribution is -0.137. The molecule has 1 saturated heterocycles. The molecule has 0 atom stereocenters. The van der Waals surface area contributed by atoms with Gasteiger partial charge in [0.1, 0.15) is 0 Å². The van der Waals surface area contributed by atoms with Crippen molar-refractivity contribution in [2.45, 2.75) is 6.42 Å². The molecule has 7 nitrogen and oxygen atoms in total. The molecule has 1 aromatic carbocycles. The molecule has 1 aliphatic heterocycles. The first kappa shape index (κ1) is 19.8. The number of anilines is 1. The highest BCUT2D eigenvalue weighted by atomic mass is 35.5. The molecule has 1 fully saturated rings. The normalized spacial score (nSPS) is 14.4. The molecule has 1 aromatic rings. The molecule has 1 N–H and O–H groups in total. The second-order valence-electron chi connectivity index (χ2n) is 6.06. The monoisotopic (exact) mass is 378 g/mol. The number of carbonyl (C=O) groups is 3. The zero-order valence-electron chi connectivity index (χ0n) is 14.8. The van der Waals surface area contributed by atoms with Gasteiger partial charge >= 0.3 is 6.03 Å². The molecule has 4 amide bonds. The molecule has 0 unspecified atom stereocenters. The molecule has 1 heterocycles. The van der Waals surface area contributed by atoms with Crippen molar-refractivity contribution in [3.05, 3.63) is 41.9 Å². The van der Waals surface area contributed by atoms with Crippen molar-refractivity contribution < 1.29 is 14.4 Å². The van der Waals surface area contributed by atoms with E-state index in [1.807, 2.05) is 0 Å². The molecule has 26 heavy (non-hydrogen) atoms. The van der Waals surface area contributed by atoms with Crippen molar-refractivity contribution in [1.29, 1.82) is 0 Å². The quantitative estimate of drug-likeness (QED) is 0.815. The van der Waals surface area contributed by atoms with E-state index in [2.05, 4.69) is 11.9 Å². The zero-order valence-corrected chi connectivity index (χ0v) is 15.5. The second-order valence-corrected chi connectivity index (χ2v) is 6.49. The standard InChI is InChI=1S/C18H23ClN4O3/c1-3-16(24)21(2)13-17(25)22-9-4-10-23(12-11-22)18(26)20-15-7-5-14(19)6-8-15/h3,5-8H,1,4,9-13H2,2H3,(H,20,26). The van der Waals surface area contributed by atoms with Gasteiger partial charge in [-0.05, 0) is 36.8 Å². The van der Waals surface area contributed by atoms with Crippen LogP contribution in [0.25, 0.3) is 0 Å². The first-order valence-electron chi connectivity index (χ1n) is 8.37. The highest BCUT2D eigenvalue weighted by Gasteiger charge is 2.23. The topological polar surface area (TPSA) is 73.0 Å². The lowest BCUT2D eigenvalue weighted by atomic mass is 10.3. The molecule has 0 aliphatic carbocycles. The smallest absolute Gasteiger partial charge is 0.321 e. The van der Waals surface area contributed by atoms with Crippen molar-refractivity contribution in [3.8, 4) is 0 Å². The third-order valence-corrected chi connectivity index (χ3v) is 4.41. The van der Waals surface area contributed by atoms with Crippen LogP contribution in [0.2, 0.25) is 5.02 Å². The van der Waals surface area contributed by atoms with E-state index in [-0.39, 0.29) is 24.4 Å². The Morgan fingerprint density at radius 2 is 1.77 bits per heavy atom. The SMILES string of the molecule is C=CC(=O)N(C)CC(=O)N1CCCN(C(=O)Nc2ccc(Cl)cc2)CC1. The van der Waals surface area contributed by atoms with Gasteiger partial charge in [0.05, 0.1) is 6.54 Å². The molecule has 0 spiro atoms. The lowest BCUT2D eigenvalue weighted by Crippen LogP contribution is -2.43. The number of benzene rings is 1. The molecule has 8 heteroatoms. The van der Waals surface area contributed by atoms with Crippen molar-refractivity contribution >= 4 is 35.1 Å². The molecular formula is C18H23ClN4O3. The maximum atomic E-state index is 12.4. The number of nitrogens with zero attached hydrogens (tertiary/aromatic N) is 3. The number of nitrogens with one attached hydrogen (secondary N) is 1. The van der Waals surface area contributed by atoms with Crippen LogP contribution in [0.5, 0.6) is 0 Å².